The topological polar surface area (TPSA) is 86.9 Å². The molecule has 118 valence electrons. The number of hydrogen-bond donors (Lipinski definition) is 1. The number of fused-ring (bicyclic) bond motifs is 1. The predicted octanol–water partition coefficient (Wildman–Crippen LogP) is 2.65. The number of hydrogen-bond acceptors (Lipinski definition) is 5. The van der Waals surface area contributed by atoms with Crippen molar-refractivity contribution in [2.24, 2.45) is 0 Å². The second-order valence-corrected chi connectivity index (χ2v) is 6.59. The minimum absolute atomic E-state index is 0.106. The third kappa shape index (κ3) is 2.83. The number of nitro benzene ring substituents is 1. The smallest absolute Gasteiger partial charge is 0.407 e. The number of carboxylic acid groups (broad SMARTS) is 1. The first-order valence-corrected chi connectivity index (χ1v) is 8.20. The maximum atomic E-state index is 11.0. The molecular weight excluding hydrogens is 306 g/mol. The number of non-ortho nitro benzene ring substituents is 1. The van der Waals surface area contributed by atoms with Crippen molar-refractivity contribution in [1.29, 1.82) is 0 Å². The quantitative estimate of drug-likeness (QED) is 0.665. The van der Waals surface area contributed by atoms with Crippen molar-refractivity contribution < 1.29 is 14.8 Å². The van der Waals surface area contributed by atoms with Crippen molar-refractivity contribution in [3.8, 4) is 0 Å². The Bertz CT molecular complexity index is 602. The van der Waals surface area contributed by atoms with Crippen LogP contribution in [0.15, 0.2) is 23.1 Å². The summed E-state index contributed by atoms with van der Waals surface area (Å²) in [6, 6.07) is 5.25. The number of benzene rings is 1. The molecular formula is C14H17N3O4S. The van der Waals surface area contributed by atoms with Gasteiger partial charge in [-0.3, -0.25) is 10.1 Å². The lowest BCUT2D eigenvalue weighted by Crippen LogP contribution is -2.48. The van der Waals surface area contributed by atoms with Gasteiger partial charge in [-0.15, -0.1) is 11.8 Å². The van der Waals surface area contributed by atoms with Gasteiger partial charge in [-0.1, -0.05) is 0 Å². The van der Waals surface area contributed by atoms with E-state index in [1.807, 2.05) is 6.07 Å². The standard InChI is InChI=1S/C14H17N3O4S/c18-14(19)15-5-3-10(4-6-15)16-7-8-22-13-2-1-11(17(20)21)9-12(13)16/h1-2,9-10H,3-8H2,(H,18,19). The molecule has 22 heavy (non-hydrogen) atoms. The van der Waals surface area contributed by atoms with E-state index in [9.17, 15) is 14.9 Å². The maximum absolute atomic E-state index is 11.0. The summed E-state index contributed by atoms with van der Waals surface area (Å²) in [7, 11) is 0. The zero-order valence-corrected chi connectivity index (χ0v) is 12.8. The van der Waals surface area contributed by atoms with Crippen LogP contribution >= 0.6 is 11.8 Å². The van der Waals surface area contributed by atoms with Gasteiger partial charge in [0.2, 0.25) is 0 Å². The zero-order valence-electron chi connectivity index (χ0n) is 12.0. The van der Waals surface area contributed by atoms with Crippen LogP contribution in [0.4, 0.5) is 16.2 Å². The third-order valence-electron chi connectivity index (χ3n) is 4.23. The first-order chi connectivity index (χ1) is 10.6. The van der Waals surface area contributed by atoms with Gasteiger partial charge >= 0.3 is 6.09 Å². The van der Waals surface area contributed by atoms with Gasteiger partial charge in [-0.05, 0) is 18.9 Å². The molecule has 1 N–H and O–H groups in total. The van der Waals surface area contributed by atoms with Gasteiger partial charge in [-0.2, -0.15) is 0 Å². The highest BCUT2D eigenvalue weighted by atomic mass is 32.2. The van der Waals surface area contributed by atoms with E-state index >= 15 is 0 Å². The van der Waals surface area contributed by atoms with E-state index in [0.29, 0.717) is 13.1 Å². The first kappa shape index (κ1) is 15.0. The fourth-order valence-electron chi connectivity index (χ4n) is 3.09. The summed E-state index contributed by atoms with van der Waals surface area (Å²) in [6.07, 6.45) is 0.654. The Morgan fingerprint density at radius 1 is 1.32 bits per heavy atom. The van der Waals surface area contributed by atoms with Gasteiger partial charge < -0.3 is 14.9 Å². The molecule has 1 amide bonds. The van der Waals surface area contributed by atoms with Crippen molar-refractivity contribution in [2.75, 3.05) is 30.3 Å². The molecule has 0 radical (unpaired) electrons. The van der Waals surface area contributed by atoms with Crippen LogP contribution in [-0.4, -0.2) is 52.5 Å². The molecule has 0 aromatic heterocycles. The Morgan fingerprint density at radius 2 is 2.05 bits per heavy atom. The Kier molecular flexibility index (Phi) is 4.10. The lowest BCUT2D eigenvalue weighted by Gasteiger charge is -2.41. The number of carbonyl (C=O) groups is 1. The van der Waals surface area contributed by atoms with Crippen LogP contribution in [0, 0.1) is 10.1 Å². The molecule has 1 fully saturated rings. The van der Waals surface area contributed by atoms with Crippen molar-refractivity contribution in [2.45, 2.75) is 23.8 Å². The molecule has 0 saturated carbocycles. The molecule has 8 heteroatoms. The Morgan fingerprint density at radius 3 is 2.68 bits per heavy atom. The van der Waals surface area contributed by atoms with Crippen LogP contribution in [0.5, 0.6) is 0 Å². The van der Waals surface area contributed by atoms with Crippen LogP contribution in [0.1, 0.15) is 12.8 Å². The van der Waals surface area contributed by atoms with Crippen LogP contribution in [0.2, 0.25) is 0 Å². The molecule has 0 spiro atoms. The number of piperidine rings is 1. The molecule has 0 atom stereocenters. The average Bonchev–Trinajstić information content (AvgIpc) is 2.53. The maximum Gasteiger partial charge on any atom is 0.407 e. The number of amides is 1. The number of anilines is 1. The molecule has 2 aliphatic heterocycles. The summed E-state index contributed by atoms with van der Waals surface area (Å²) in [5.41, 5.74) is 1.02. The normalized spacial score (nSPS) is 18.9. The Labute approximate surface area is 132 Å². The van der Waals surface area contributed by atoms with E-state index in [1.54, 1.807) is 23.9 Å². The van der Waals surface area contributed by atoms with Crippen LogP contribution in [0.25, 0.3) is 0 Å². The van der Waals surface area contributed by atoms with Crippen LogP contribution in [-0.2, 0) is 0 Å². The van der Waals surface area contributed by atoms with Gasteiger partial charge in [0.25, 0.3) is 5.69 Å². The highest BCUT2D eigenvalue weighted by Gasteiger charge is 2.30. The van der Waals surface area contributed by atoms with Crippen molar-refractivity contribution in [3.63, 3.8) is 0 Å². The van der Waals surface area contributed by atoms with E-state index in [-0.39, 0.29) is 16.7 Å². The van der Waals surface area contributed by atoms with Gasteiger partial charge in [0.15, 0.2) is 0 Å². The third-order valence-corrected chi connectivity index (χ3v) is 5.27. The highest BCUT2D eigenvalue weighted by Crippen LogP contribution is 2.39. The first-order valence-electron chi connectivity index (χ1n) is 7.22. The zero-order chi connectivity index (χ0) is 15.7. The molecule has 1 aromatic rings. The average molecular weight is 323 g/mol. The van der Waals surface area contributed by atoms with Crippen molar-refractivity contribution >= 4 is 29.2 Å². The molecule has 7 nitrogen and oxygen atoms in total. The highest BCUT2D eigenvalue weighted by molar-refractivity contribution is 7.99. The van der Waals surface area contributed by atoms with E-state index in [2.05, 4.69) is 4.90 Å². The fraction of sp³-hybridized carbons (Fsp3) is 0.500. The largest absolute Gasteiger partial charge is 0.465 e. The lowest BCUT2D eigenvalue weighted by atomic mass is 10.0. The summed E-state index contributed by atoms with van der Waals surface area (Å²) >= 11 is 1.71. The fourth-order valence-corrected chi connectivity index (χ4v) is 4.08. The molecule has 2 aliphatic rings. The van der Waals surface area contributed by atoms with Gasteiger partial charge in [-0.25, -0.2) is 4.79 Å². The van der Waals surface area contributed by atoms with Gasteiger partial charge in [0, 0.05) is 48.5 Å². The van der Waals surface area contributed by atoms with E-state index in [4.69, 9.17) is 5.11 Å². The lowest BCUT2D eigenvalue weighted by molar-refractivity contribution is -0.384. The summed E-state index contributed by atoms with van der Waals surface area (Å²) in [5.74, 6) is 0.948. The summed E-state index contributed by atoms with van der Waals surface area (Å²) in [4.78, 5) is 26.3. The molecule has 1 saturated heterocycles. The number of nitrogens with zero attached hydrogens (tertiary/aromatic N) is 3. The Balaban J connectivity index is 1.81. The minimum atomic E-state index is -0.872. The Hall–Kier alpha value is -1.96. The molecule has 0 bridgehead atoms. The van der Waals surface area contributed by atoms with E-state index < -0.39 is 6.09 Å². The molecule has 0 unspecified atom stereocenters. The summed E-state index contributed by atoms with van der Waals surface area (Å²) < 4.78 is 0. The number of thioether (sulfide) groups is 1. The monoisotopic (exact) mass is 323 g/mol. The summed E-state index contributed by atoms with van der Waals surface area (Å²) in [6.45, 7) is 1.89. The van der Waals surface area contributed by atoms with Gasteiger partial charge in [0.05, 0.1) is 10.6 Å². The van der Waals surface area contributed by atoms with Crippen molar-refractivity contribution in [1.82, 2.24) is 4.90 Å². The van der Waals surface area contributed by atoms with E-state index in [1.165, 1.54) is 4.90 Å². The summed E-state index contributed by atoms with van der Waals surface area (Å²) in [5, 5.41) is 20.0. The molecule has 0 aliphatic carbocycles. The number of likely N-dealkylation sites (tertiary alicyclic amines) is 1. The molecule has 1 aromatic carbocycles. The molecule has 3 rings (SSSR count). The number of nitro groups is 1. The van der Waals surface area contributed by atoms with Crippen LogP contribution < -0.4 is 4.90 Å². The molecule has 2 heterocycles. The SMILES string of the molecule is O=C(O)N1CCC(N2CCSc3ccc([N+](=O)[O-])cc32)CC1. The second kappa shape index (κ2) is 6.04. The minimum Gasteiger partial charge on any atom is -0.465 e. The van der Waals surface area contributed by atoms with E-state index in [0.717, 1.165) is 35.7 Å². The van der Waals surface area contributed by atoms with Gasteiger partial charge in [0.1, 0.15) is 0 Å². The van der Waals surface area contributed by atoms with Crippen LogP contribution in [0.3, 0.4) is 0 Å². The number of rotatable bonds is 2. The predicted molar refractivity (Wildman–Crippen MR) is 83.8 cm³/mol. The van der Waals surface area contributed by atoms with Crippen molar-refractivity contribution in [3.05, 3.63) is 28.3 Å². The second-order valence-electron chi connectivity index (χ2n) is 5.45.